The lowest BCUT2D eigenvalue weighted by atomic mass is 10.1. The van der Waals surface area contributed by atoms with Gasteiger partial charge < -0.3 is 14.8 Å². The van der Waals surface area contributed by atoms with E-state index in [-0.39, 0.29) is 31.6 Å². The summed E-state index contributed by atoms with van der Waals surface area (Å²) in [6, 6.07) is 19.4. The van der Waals surface area contributed by atoms with Crippen LogP contribution in [-0.4, -0.2) is 28.9 Å². The van der Waals surface area contributed by atoms with Gasteiger partial charge in [-0.05, 0) is 29.7 Å². The zero-order valence-electron chi connectivity index (χ0n) is 17.8. The summed E-state index contributed by atoms with van der Waals surface area (Å²) in [6.07, 6.45) is 0.923. The van der Waals surface area contributed by atoms with Crippen molar-refractivity contribution in [2.45, 2.75) is 32.1 Å². The minimum atomic E-state index is -1.10. The molecule has 0 aliphatic heterocycles. The molecule has 0 unspecified atom stereocenters. The van der Waals surface area contributed by atoms with Crippen LogP contribution in [-0.2, 0) is 32.3 Å². The number of halogens is 1. The first-order chi connectivity index (χ1) is 16.0. The summed E-state index contributed by atoms with van der Waals surface area (Å²) in [7, 11) is 0. The Morgan fingerprint density at radius 2 is 1.45 bits per heavy atom. The molecule has 1 atom stereocenters. The van der Waals surface area contributed by atoms with E-state index in [2.05, 4.69) is 10.3 Å². The smallest absolute Gasteiger partial charge is 0.328 e. The maximum absolute atomic E-state index is 13.0. The first-order valence-electron chi connectivity index (χ1n) is 10.3. The van der Waals surface area contributed by atoms with Gasteiger partial charge in [-0.3, -0.25) is 9.59 Å². The Balaban J connectivity index is 1.59. The zero-order valence-corrected chi connectivity index (χ0v) is 17.8. The first kappa shape index (κ1) is 23.6. The van der Waals surface area contributed by atoms with Gasteiger partial charge in [0.1, 0.15) is 19.3 Å². The van der Waals surface area contributed by atoms with Gasteiger partial charge in [0.2, 0.25) is 5.95 Å². The number of ether oxygens (including phenoxy) is 2. The van der Waals surface area contributed by atoms with Crippen molar-refractivity contribution in [3.8, 4) is 0 Å². The highest BCUT2D eigenvalue weighted by Crippen LogP contribution is 2.09. The predicted molar refractivity (Wildman–Crippen MR) is 117 cm³/mol. The molecule has 1 heterocycles. The van der Waals surface area contributed by atoms with E-state index in [4.69, 9.17) is 9.47 Å². The molecule has 8 heteroatoms. The Hall–Kier alpha value is -4.07. The number of carbonyl (C=O) groups excluding carboxylic acids is 3. The van der Waals surface area contributed by atoms with Crippen molar-refractivity contribution in [3.05, 3.63) is 102 Å². The number of benzene rings is 2. The molecular formula is C25H23FN2O5. The Bertz CT molecular complexity index is 1060. The van der Waals surface area contributed by atoms with Crippen LogP contribution in [0, 0.1) is 5.95 Å². The standard InChI is InChI=1S/C25H23FN2O5/c26-22-13-11-20(15-27-22)24(30)28-21(25(31)33-17-19-9-5-2-6-10-19)12-14-23(29)32-16-18-7-3-1-4-8-18/h1-11,13,15,21H,12,14,16-17H2,(H,28,30)/t21-/m0/s1. The molecule has 0 aliphatic carbocycles. The lowest BCUT2D eigenvalue weighted by Gasteiger charge is -2.17. The van der Waals surface area contributed by atoms with Crippen molar-refractivity contribution in [2.75, 3.05) is 0 Å². The lowest BCUT2D eigenvalue weighted by Crippen LogP contribution is -2.42. The van der Waals surface area contributed by atoms with Crippen LogP contribution in [0.25, 0.3) is 0 Å². The van der Waals surface area contributed by atoms with Crippen LogP contribution in [0.5, 0.6) is 0 Å². The molecule has 0 saturated heterocycles. The fourth-order valence-electron chi connectivity index (χ4n) is 2.90. The molecule has 1 amide bonds. The van der Waals surface area contributed by atoms with Crippen molar-refractivity contribution >= 4 is 17.8 Å². The molecule has 7 nitrogen and oxygen atoms in total. The molecule has 0 saturated carbocycles. The second kappa shape index (κ2) is 12.1. The molecule has 3 rings (SSSR count). The van der Waals surface area contributed by atoms with Crippen molar-refractivity contribution in [1.29, 1.82) is 0 Å². The number of esters is 2. The van der Waals surface area contributed by atoms with Crippen LogP contribution < -0.4 is 5.32 Å². The van der Waals surface area contributed by atoms with Gasteiger partial charge in [0.25, 0.3) is 5.91 Å². The number of hydrogen-bond acceptors (Lipinski definition) is 6. The van der Waals surface area contributed by atoms with E-state index in [0.717, 1.165) is 23.4 Å². The lowest BCUT2D eigenvalue weighted by molar-refractivity contribution is -0.148. The van der Waals surface area contributed by atoms with E-state index in [1.807, 2.05) is 48.5 Å². The average Bonchev–Trinajstić information content (AvgIpc) is 2.85. The Morgan fingerprint density at radius 1 is 0.848 bits per heavy atom. The summed E-state index contributed by atoms with van der Waals surface area (Å²) >= 11 is 0. The van der Waals surface area contributed by atoms with E-state index in [0.29, 0.717) is 0 Å². The third kappa shape index (κ3) is 7.84. The molecule has 0 bridgehead atoms. The number of aromatic nitrogens is 1. The van der Waals surface area contributed by atoms with Crippen molar-refractivity contribution < 1.29 is 28.2 Å². The predicted octanol–water partition coefficient (Wildman–Crippen LogP) is 3.59. The molecule has 1 aromatic heterocycles. The molecule has 0 spiro atoms. The van der Waals surface area contributed by atoms with Gasteiger partial charge in [0, 0.05) is 12.6 Å². The van der Waals surface area contributed by atoms with E-state index >= 15 is 0 Å². The summed E-state index contributed by atoms with van der Waals surface area (Å²) in [5.74, 6) is -2.58. The van der Waals surface area contributed by atoms with Crippen LogP contribution in [0.15, 0.2) is 79.0 Å². The highest BCUT2D eigenvalue weighted by atomic mass is 19.1. The molecule has 3 aromatic rings. The summed E-state index contributed by atoms with van der Waals surface area (Å²) in [5.41, 5.74) is 1.69. The number of hydrogen-bond donors (Lipinski definition) is 1. The Kier molecular flexibility index (Phi) is 8.64. The van der Waals surface area contributed by atoms with Crippen molar-refractivity contribution in [3.63, 3.8) is 0 Å². The van der Waals surface area contributed by atoms with Gasteiger partial charge in [0.05, 0.1) is 5.56 Å². The maximum Gasteiger partial charge on any atom is 0.328 e. The van der Waals surface area contributed by atoms with Gasteiger partial charge in [0.15, 0.2) is 0 Å². The summed E-state index contributed by atoms with van der Waals surface area (Å²) < 4.78 is 23.6. The minimum Gasteiger partial charge on any atom is -0.461 e. The van der Waals surface area contributed by atoms with Gasteiger partial charge in [-0.15, -0.1) is 0 Å². The van der Waals surface area contributed by atoms with Crippen LogP contribution in [0.2, 0.25) is 0 Å². The van der Waals surface area contributed by atoms with E-state index < -0.39 is 29.8 Å². The van der Waals surface area contributed by atoms with Gasteiger partial charge in [-0.2, -0.15) is 4.39 Å². The largest absolute Gasteiger partial charge is 0.461 e. The molecule has 33 heavy (non-hydrogen) atoms. The van der Waals surface area contributed by atoms with E-state index in [1.54, 1.807) is 12.1 Å². The van der Waals surface area contributed by atoms with Crippen LogP contribution in [0.3, 0.4) is 0 Å². The number of pyridine rings is 1. The quantitative estimate of drug-likeness (QED) is 0.375. The second-order valence-electron chi connectivity index (χ2n) is 7.17. The molecule has 0 radical (unpaired) electrons. The van der Waals surface area contributed by atoms with Crippen LogP contribution in [0.1, 0.15) is 34.3 Å². The number of carbonyl (C=O) groups is 3. The fourth-order valence-corrected chi connectivity index (χ4v) is 2.90. The third-order valence-corrected chi connectivity index (χ3v) is 4.68. The SMILES string of the molecule is O=C(CC[C@H](NC(=O)c1ccc(F)nc1)C(=O)OCc1ccccc1)OCc1ccccc1. The highest BCUT2D eigenvalue weighted by Gasteiger charge is 2.24. The topological polar surface area (TPSA) is 94.6 Å². The van der Waals surface area contributed by atoms with E-state index in [9.17, 15) is 18.8 Å². The third-order valence-electron chi connectivity index (χ3n) is 4.68. The van der Waals surface area contributed by atoms with Gasteiger partial charge in [-0.25, -0.2) is 9.78 Å². The molecule has 1 N–H and O–H groups in total. The van der Waals surface area contributed by atoms with Crippen molar-refractivity contribution in [2.24, 2.45) is 0 Å². The average molecular weight is 450 g/mol. The summed E-state index contributed by atoms with van der Waals surface area (Å²) in [4.78, 5) is 40.8. The minimum absolute atomic E-state index is 0.0165. The fraction of sp³-hybridized carbons (Fsp3) is 0.200. The molecular weight excluding hydrogens is 427 g/mol. The Labute approximate surface area is 190 Å². The number of nitrogens with zero attached hydrogens (tertiary/aromatic N) is 1. The van der Waals surface area contributed by atoms with Gasteiger partial charge in [-0.1, -0.05) is 60.7 Å². The number of nitrogens with one attached hydrogen (secondary N) is 1. The van der Waals surface area contributed by atoms with E-state index in [1.165, 1.54) is 6.07 Å². The zero-order chi connectivity index (χ0) is 23.5. The molecule has 0 fully saturated rings. The number of rotatable bonds is 10. The monoisotopic (exact) mass is 450 g/mol. The van der Waals surface area contributed by atoms with Crippen LogP contribution >= 0.6 is 0 Å². The number of amides is 1. The maximum atomic E-state index is 13.0. The molecule has 170 valence electrons. The Morgan fingerprint density at radius 3 is 2.03 bits per heavy atom. The van der Waals surface area contributed by atoms with Crippen molar-refractivity contribution in [1.82, 2.24) is 10.3 Å². The summed E-state index contributed by atoms with van der Waals surface area (Å²) in [5, 5.41) is 2.53. The summed E-state index contributed by atoms with van der Waals surface area (Å²) in [6.45, 7) is 0.124. The second-order valence-corrected chi connectivity index (χ2v) is 7.17. The van der Waals surface area contributed by atoms with Crippen LogP contribution in [0.4, 0.5) is 4.39 Å². The van der Waals surface area contributed by atoms with Gasteiger partial charge >= 0.3 is 11.9 Å². The first-order valence-corrected chi connectivity index (χ1v) is 10.3. The normalized spacial score (nSPS) is 11.3. The molecule has 2 aromatic carbocycles. The highest BCUT2D eigenvalue weighted by molar-refractivity contribution is 5.96. The molecule has 0 aliphatic rings.